The topological polar surface area (TPSA) is 103 Å². The summed E-state index contributed by atoms with van der Waals surface area (Å²) in [6.07, 6.45) is -2.89. The lowest BCUT2D eigenvalue weighted by Crippen LogP contribution is -2.40. The average molecular weight is 417 g/mol. The van der Waals surface area contributed by atoms with Crippen LogP contribution in [0.5, 0.6) is 0 Å². The number of rotatable bonds is 2. The normalized spacial score (nSPS) is 19.8. The Balaban J connectivity index is 0.000000370. The van der Waals surface area contributed by atoms with Crippen LogP contribution in [0.1, 0.15) is 36.4 Å². The summed E-state index contributed by atoms with van der Waals surface area (Å²) >= 11 is 0. The molecule has 1 aromatic rings. The minimum atomic E-state index is -5.08. The first-order chi connectivity index (χ1) is 13.6. The van der Waals surface area contributed by atoms with Gasteiger partial charge in [-0.15, -0.1) is 0 Å². The fourth-order valence-corrected chi connectivity index (χ4v) is 3.11. The Bertz CT molecular complexity index is 788. The molecule has 3 rings (SSSR count). The van der Waals surface area contributed by atoms with Gasteiger partial charge in [0.1, 0.15) is 5.82 Å². The van der Waals surface area contributed by atoms with Crippen molar-refractivity contribution in [1.29, 1.82) is 5.26 Å². The fraction of sp³-hybridized carbons (Fsp3) is 0.500. The second-order valence-corrected chi connectivity index (χ2v) is 6.51. The zero-order valence-electron chi connectivity index (χ0n) is 15.2. The summed E-state index contributed by atoms with van der Waals surface area (Å²) in [5.74, 6) is -3.31. The van der Waals surface area contributed by atoms with Gasteiger partial charge in [-0.3, -0.25) is 9.63 Å². The van der Waals surface area contributed by atoms with E-state index in [-0.39, 0.29) is 23.4 Å². The standard InChI is InChI=1S/C16H18FN3O2.C2HF3O2/c17-14-8-11(10-18)7-13(9-14)15-3-6-22-20(15)16(21)12-1-4-19-5-2-12;3-2(4,5)1(6)7/h7-9,12,15,19H,1-6H2;(H,6,7)/t15-;/m0./s1. The van der Waals surface area contributed by atoms with Crippen LogP contribution in [0, 0.1) is 23.1 Å². The molecule has 0 aliphatic carbocycles. The zero-order chi connectivity index (χ0) is 21.6. The summed E-state index contributed by atoms with van der Waals surface area (Å²) in [5.41, 5.74) is 0.882. The van der Waals surface area contributed by atoms with Crippen LogP contribution in [-0.2, 0) is 14.4 Å². The molecule has 1 amide bonds. The Hall–Kier alpha value is -2.71. The van der Waals surface area contributed by atoms with E-state index in [1.807, 2.05) is 6.07 Å². The molecule has 158 valence electrons. The molecule has 0 unspecified atom stereocenters. The van der Waals surface area contributed by atoms with E-state index in [0.717, 1.165) is 25.9 Å². The van der Waals surface area contributed by atoms with Gasteiger partial charge in [0, 0.05) is 12.3 Å². The van der Waals surface area contributed by atoms with E-state index in [0.29, 0.717) is 18.6 Å². The maximum Gasteiger partial charge on any atom is 0.490 e. The molecule has 1 atom stereocenters. The number of carboxylic acids is 1. The lowest BCUT2D eigenvalue weighted by molar-refractivity contribution is -0.192. The van der Waals surface area contributed by atoms with E-state index < -0.39 is 18.0 Å². The molecule has 2 fully saturated rings. The smallest absolute Gasteiger partial charge is 0.475 e. The summed E-state index contributed by atoms with van der Waals surface area (Å²) in [5, 5.41) is 20.7. The van der Waals surface area contributed by atoms with Crippen molar-refractivity contribution in [3.8, 4) is 6.07 Å². The maximum absolute atomic E-state index is 13.6. The number of carboxylic acid groups (broad SMARTS) is 1. The lowest BCUT2D eigenvalue weighted by Gasteiger charge is -2.29. The Morgan fingerprint density at radius 3 is 2.38 bits per heavy atom. The van der Waals surface area contributed by atoms with Crippen molar-refractivity contribution in [2.75, 3.05) is 19.7 Å². The number of alkyl halides is 3. The molecule has 2 saturated heterocycles. The number of nitriles is 1. The quantitative estimate of drug-likeness (QED) is 0.717. The van der Waals surface area contributed by atoms with E-state index in [2.05, 4.69) is 5.32 Å². The van der Waals surface area contributed by atoms with Crippen LogP contribution in [-0.4, -0.2) is 47.9 Å². The minimum absolute atomic E-state index is 0.0354. The molecule has 0 aromatic heterocycles. The van der Waals surface area contributed by atoms with Crippen LogP contribution in [0.15, 0.2) is 18.2 Å². The molecule has 0 radical (unpaired) electrons. The van der Waals surface area contributed by atoms with Crippen LogP contribution in [0.2, 0.25) is 0 Å². The Morgan fingerprint density at radius 1 is 1.21 bits per heavy atom. The van der Waals surface area contributed by atoms with Crippen molar-refractivity contribution in [1.82, 2.24) is 10.4 Å². The van der Waals surface area contributed by atoms with E-state index in [9.17, 15) is 22.4 Å². The third kappa shape index (κ3) is 6.13. The minimum Gasteiger partial charge on any atom is -0.475 e. The summed E-state index contributed by atoms with van der Waals surface area (Å²) < 4.78 is 45.4. The number of aliphatic carboxylic acids is 1. The zero-order valence-corrected chi connectivity index (χ0v) is 15.2. The van der Waals surface area contributed by atoms with Crippen LogP contribution < -0.4 is 5.32 Å². The molecule has 2 aliphatic heterocycles. The Labute approximate surface area is 163 Å². The maximum atomic E-state index is 13.6. The van der Waals surface area contributed by atoms with Gasteiger partial charge in [0.05, 0.1) is 24.3 Å². The molecular weight excluding hydrogens is 398 g/mol. The highest BCUT2D eigenvalue weighted by Crippen LogP contribution is 2.33. The number of carbonyl (C=O) groups excluding carboxylic acids is 1. The SMILES string of the molecule is N#Cc1cc(F)cc([C@@H]2CCON2C(=O)C2CCNCC2)c1.O=C(O)C(F)(F)F. The first-order valence-electron chi connectivity index (χ1n) is 8.81. The fourth-order valence-electron chi connectivity index (χ4n) is 3.11. The van der Waals surface area contributed by atoms with E-state index in [1.54, 1.807) is 6.07 Å². The average Bonchev–Trinajstić information content (AvgIpc) is 3.17. The van der Waals surface area contributed by atoms with Crippen LogP contribution in [0.4, 0.5) is 17.6 Å². The number of nitrogens with one attached hydrogen (secondary N) is 1. The number of carbonyl (C=O) groups is 2. The van der Waals surface area contributed by atoms with Crippen molar-refractivity contribution >= 4 is 11.9 Å². The van der Waals surface area contributed by atoms with Crippen molar-refractivity contribution in [2.24, 2.45) is 5.92 Å². The van der Waals surface area contributed by atoms with E-state index in [4.69, 9.17) is 20.0 Å². The number of hydrogen-bond donors (Lipinski definition) is 2. The van der Waals surface area contributed by atoms with Gasteiger partial charge in [-0.25, -0.2) is 14.2 Å². The van der Waals surface area contributed by atoms with Gasteiger partial charge in [0.2, 0.25) is 5.91 Å². The largest absolute Gasteiger partial charge is 0.490 e. The van der Waals surface area contributed by atoms with Gasteiger partial charge < -0.3 is 10.4 Å². The van der Waals surface area contributed by atoms with Crippen LogP contribution in [0.25, 0.3) is 0 Å². The van der Waals surface area contributed by atoms with Crippen molar-refractivity contribution in [3.05, 3.63) is 35.1 Å². The molecule has 2 aliphatic rings. The van der Waals surface area contributed by atoms with Crippen molar-refractivity contribution < 1.29 is 37.1 Å². The first kappa shape index (κ1) is 22.6. The summed E-state index contributed by atoms with van der Waals surface area (Å²) in [4.78, 5) is 27.0. The van der Waals surface area contributed by atoms with Gasteiger partial charge in [0.15, 0.2) is 0 Å². The molecule has 0 saturated carbocycles. The highest BCUT2D eigenvalue weighted by molar-refractivity contribution is 5.78. The highest BCUT2D eigenvalue weighted by Gasteiger charge is 2.38. The van der Waals surface area contributed by atoms with Crippen molar-refractivity contribution in [2.45, 2.75) is 31.5 Å². The van der Waals surface area contributed by atoms with Gasteiger partial charge in [-0.2, -0.15) is 18.4 Å². The first-order valence-corrected chi connectivity index (χ1v) is 8.81. The Kier molecular flexibility index (Phi) is 7.53. The van der Waals surface area contributed by atoms with E-state index >= 15 is 0 Å². The molecule has 2 heterocycles. The summed E-state index contributed by atoms with van der Waals surface area (Å²) in [6, 6.07) is 5.83. The second-order valence-electron chi connectivity index (χ2n) is 6.51. The highest BCUT2D eigenvalue weighted by atomic mass is 19.4. The number of benzene rings is 1. The predicted molar refractivity (Wildman–Crippen MR) is 90.6 cm³/mol. The molecule has 29 heavy (non-hydrogen) atoms. The third-order valence-corrected chi connectivity index (χ3v) is 4.49. The van der Waals surface area contributed by atoms with Crippen LogP contribution in [0.3, 0.4) is 0 Å². The molecule has 7 nitrogen and oxygen atoms in total. The molecule has 11 heteroatoms. The molecular formula is C18H19F4N3O4. The van der Waals surface area contributed by atoms with Gasteiger partial charge >= 0.3 is 12.1 Å². The number of piperidine rings is 1. The van der Waals surface area contributed by atoms with Gasteiger partial charge in [0.25, 0.3) is 0 Å². The number of amides is 1. The van der Waals surface area contributed by atoms with Gasteiger partial charge in [-0.05, 0) is 49.7 Å². The molecule has 0 bridgehead atoms. The molecule has 1 aromatic carbocycles. The monoisotopic (exact) mass is 417 g/mol. The number of halogens is 4. The van der Waals surface area contributed by atoms with Crippen LogP contribution >= 0.6 is 0 Å². The summed E-state index contributed by atoms with van der Waals surface area (Å²) in [6.45, 7) is 2.08. The predicted octanol–water partition coefficient (Wildman–Crippen LogP) is 2.54. The number of hydrogen-bond acceptors (Lipinski definition) is 5. The molecule has 0 spiro atoms. The Morgan fingerprint density at radius 2 is 1.83 bits per heavy atom. The molecule has 2 N–H and O–H groups in total. The third-order valence-electron chi connectivity index (χ3n) is 4.49. The summed E-state index contributed by atoms with van der Waals surface area (Å²) in [7, 11) is 0. The second kappa shape index (κ2) is 9.67. The number of nitrogens with zero attached hydrogens (tertiary/aromatic N) is 2. The van der Waals surface area contributed by atoms with Crippen molar-refractivity contribution in [3.63, 3.8) is 0 Å². The lowest BCUT2D eigenvalue weighted by atomic mass is 9.95. The van der Waals surface area contributed by atoms with Gasteiger partial charge in [-0.1, -0.05) is 0 Å². The van der Waals surface area contributed by atoms with E-state index in [1.165, 1.54) is 17.2 Å². The number of hydroxylamine groups is 2.